The second kappa shape index (κ2) is 10.4. The molecule has 3 aliphatic rings. The second-order valence-corrected chi connectivity index (χ2v) is 8.25. The molecule has 4 rings (SSSR count). The van der Waals surface area contributed by atoms with E-state index < -0.39 is 0 Å². The predicted molar refractivity (Wildman–Crippen MR) is 119 cm³/mol. The number of likely N-dealkylation sites (N-methyl/N-ethyl adjacent to an activating group) is 1. The van der Waals surface area contributed by atoms with Crippen LogP contribution < -0.4 is 10.2 Å². The van der Waals surface area contributed by atoms with E-state index in [2.05, 4.69) is 44.1 Å². The molecule has 1 aromatic rings. The van der Waals surface area contributed by atoms with E-state index in [0.717, 1.165) is 82.6 Å². The van der Waals surface area contributed by atoms with Crippen LogP contribution in [0.25, 0.3) is 0 Å². The lowest BCUT2D eigenvalue weighted by molar-refractivity contribution is -0.0817. The van der Waals surface area contributed by atoms with Gasteiger partial charge in [-0.2, -0.15) is 0 Å². The number of aromatic nitrogens is 1. The van der Waals surface area contributed by atoms with Crippen molar-refractivity contribution in [2.75, 3.05) is 71.0 Å². The number of morpholine rings is 1. The fourth-order valence-electron chi connectivity index (χ4n) is 4.50. The van der Waals surface area contributed by atoms with Gasteiger partial charge in [0.2, 0.25) is 0 Å². The van der Waals surface area contributed by atoms with Crippen molar-refractivity contribution in [3.8, 4) is 0 Å². The highest BCUT2D eigenvalue weighted by molar-refractivity contribution is 5.80. The molecule has 1 aromatic heterocycles. The van der Waals surface area contributed by atoms with Crippen molar-refractivity contribution in [3.05, 3.63) is 23.9 Å². The third-order valence-electron chi connectivity index (χ3n) is 6.39. The molecule has 8 nitrogen and oxygen atoms in total. The first-order valence-corrected chi connectivity index (χ1v) is 11.4. The van der Waals surface area contributed by atoms with Crippen LogP contribution in [0.15, 0.2) is 23.3 Å². The Morgan fingerprint density at radius 3 is 2.63 bits per heavy atom. The Bertz CT molecular complexity index is 683. The normalized spacial score (nSPS) is 26.3. The van der Waals surface area contributed by atoms with Crippen LogP contribution in [-0.4, -0.2) is 99.0 Å². The molecule has 3 aliphatic heterocycles. The van der Waals surface area contributed by atoms with E-state index in [1.165, 1.54) is 0 Å². The molecule has 2 unspecified atom stereocenters. The third-order valence-corrected chi connectivity index (χ3v) is 6.39. The van der Waals surface area contributed by atoms with Crippen LogP contribution in [0.2, 0.25) is 0 Å². The number of anilines is 1. The maximum atomic E-state index is 5.97. The van der Waals surface area contributed by atoms with Gasteiger partial charge in [-0.05, 0) is 31.0 Å². The van der Waals surface area contributed by atoms with Gasteiger partial charge in [-0.25, -0.2) is 4.98 Å². The molecular formula is C22H36N6O2. The molecular weight excluding hydrogens is 380 g/mol. The molecule has 166 valence electrons. The lowest BCUT2D eigenvalue weighted by Gasteiger charge is -2.37. The summed E-state index contributed by atoms with van der Waals surface area (Å²) in [5.41, 5.74) is 1.16. The zero-order chi connectivity index (χ0) is 20.8. The van der Waals surface area contributed by atoms with Crippen LogP contribution >= 0.6 is 0 Å². The minimum Gasteiger partial charge on any atom is -0.375 e. The average Bonchev–Trinajstić information content (AvgIpc) is 3.35. The van der Waals surface area contributed by atoms with Gasteiger partial charge in [-0.15, -0.1) is 0 Å². The number of aliphatic imine (C=N–C) groups is 1. The average molecular weight is 417 g/mol. The number of rotatable bonds is 5. The highest BCUT2D eigenvalue weighted by Gasteiger charge is 2.32. The smallest absolute Gasteiger partial charge is 0.194 e. The molecule has 2 atom stereocenters. The van der Waals surface area contributed by atoms with Gasteiger partial charge in [0.15, 0.2) is 5.96 Å². The van der Waals surface area contributed by atoms with Crippen molar-refractivity contribution in [1.82, 2.24) is 20.1 Å². The van der Waals surface area contributed by atoms with E-state index in [0.29, 0.717) is 13.2 Å². The Kier molecular flexibility index (Phi) is 7.41. The van der Waals surface area contributed by atoms with E-state index in [1.54, 1.807) is 0 Å². The van der Waals surface area contributed by atoms with E-state index in [9.17, 15) is 0 Å². The molecule has 1 N–H and O–H groups in total. The lowest BCUT2D eigenvalue weighted by Crippen LogP contribution is -2.53. The van der Waals surface area contributed by atoms with Crippen LogP contribution in [0.5, 0.6) is 0 Å². The number of nitrogens with one attached hydrogen (secondary N) is 1. The van der Waals surface area contributed by atoms with Crippen molar-refractivity contribution < 1.29 is 9.47 Å². The van der Waals surface area contributed by atoms with Gasteiger partial charge >= 0.3 is 0 Å². The molecule has 0 radical (unpaired) electrons. The standard InChI is InChI=1S/C22H36N6O2/c1-3-26-8-10-27(11-9-26)21-7-6-18(15-24-21)16-25-22(23-2)28-12-14-30-20(17-28)19-5-4-13-29-19/h6-7,15,19-20H,3-5,8-14,16-17H2,1-2H3,(H,23,25). The minimum absolute atomic E-state index is 0.133. The molecule has 4 heterocycles. The molecule has 8 heteroatoms. The van der Waals surface area contributed by atoms with Gasteiger partial charge in [-0.3, -0.25) is 4.99 Å². The van der Waals surface area contributed by atoms with Gasteiger partial charge < -0.3 is 29.5 Å². The summed E-state index contributed by atoms with van der Waals surface area (Å²) in [7, 11) is 1.84. The number of nitrogens with zero attached hydrogens (tertiary/aromatic N) is 5. The van der Waals surface area contributed by atoms with Crippen LogP contribution in [0.3, 0.4) is 0 Å². The Labute approximate surface area is 180 Å². The molecule has 3 saturated heterocycles. The first-order valence-electron chi connectivity index (χ1n) is 11.4. The molecule has 30 heavy (non-hydrogen) atoms. The van der Waals surface area contributed by atoms with Crippen LogP contribution in [0.4, 0.5) is 5.82 Å². The summed E-state index contributed by atoms with van der Waals surface area (Å²) in [4.78, 5) is 16.3. The van der Waals surface area contributed by atoms with Crippen molar-refractivity contribution >= 4 is 11.8 Å². The summed E-state index contributed by atoms with van der Waals surface area (Å²) in [5.74, 6) is 1.99. The Morgan fingerprint density at radius 2 is 1.97 bits per heavy atom. The largest absolute Gasteiger partial charge is 0.375 e. The number of guanidine groups is 1. The van der Waals surface area contributed by atoms with Crippen molar-refractivity contribution in [3.63, 3.8) is 0 Å². The van der Waals surface area contributed by atoms with E-state index in [-0.39, 0.29) is 12.2 Å². The summed E-state index contributed by atoms with van der Waals surface area (Å²) in [6.07, 6.45) is 4.57. The summed E-state index contributed by atoms with van der Waals surface area (Å²) < 4.78 is 11.8. The second-order valence-electron chi connectivity index (χ2n) is 8.25. The number of ether oxygens (including phenoxy) is 2. The van der Waals surface area contributed by atoms with Gasteiger partial charge in [-0.1, -0.05) is 13.0 Å². The number of hydrogen-bond donors (Lipinski definition) is 1. The van der Waals surface area contributed by atoms with E-state index in [1.807, 2.05) is 13.2 Å². The minimum atomic E-state index is 0.133. The summed E-state index contributed by atoms with van der Waals surface area (Å²) in [6, 6.07) is 4.31. The van der Waals surface area contributed by atoms with Gasteiger partial charge in [0, 0.05) is 65.7 Å². The SMILES string of the molecule is CCN1CCN(c2ccc(CNC(=NC)N3CCOC(C4CCCO4)C3)cn2)CC1. The van der Waals surface area contributed by atoms with Crippen molar-refractivity contribution in [1.29, 1.82) is 0 Å². The maximum Gasteiger partial charge on any atom is 0.194 e. The number of pyridine rings is 1. The zero-order valence-corrected chi connectivity index (χ0v) is 18.4. The van der Waals surface area contributed by atoms with Gasteiger partial charge in [0.25, 0.3) is 0 Å². The number of piperazine rings is 1. The van der Waals surface area contributed by atoms with Gasteiger partial charge in [0.1, 0.15) is 11.9 Å². The predicted octanol–water partition coefficient (Wildman–Crippen LogP) is 1.18. The number of hydrogen-bond acceptors (Lipinski definition) is 6. The lowest BCUT2D eigenvalue weighted by atomic mass is 10.1. The molecule has 0 bridgehead atoms. The van der Waals surface area contributed by atoms with Crippen molar-refractivity contribution in [2.45, 2.75) is 38.5 Å². The highest BCUT2D eigenvalue weighted by atomic mass is 16.5. The Morgan fingerprint density at radius 1 is 1.13 bits per heavy atom. The zero-order valence-electron chi connectivity index (χ0n) is 18.4. The maximum absolute atomic E-state index is 5.97. The van der Waals surface area contributed by atoms with Crippen LogP contribution in [-0.2, 0) is 16.0 Å². The Balaban J connectivity index is 1.28. The monoisotopic (exact) mass is 416 g/mol. The van der Waals surface area contributed by atoms with Crippen molar-refractivity contribution in [2.24, 2.45) is 4.99 Å². The van der Waals surface area contributed by atoms with Crippen LogP contribution in [0.1, 0.15) is 25.3 Å². The van der Waals surface area contributed by atoms with E-state index >= 15 is 0 Å². The molecule has 0 saturated carbocycles. The highest BCUT2D eigenvalue weighted by Crippen LogP contribution is 2.21. The summed E-state index contributed by atoms with van der Waals surface area (Å²) in [6.45, 7) is 11.6. The molecule has 0 amide bonds. The summed E-state index contributed by atoms with van der Waals surface area (Å²) in [5, 5.41) is 3.50. The topological polar surface area (TPSA) is 65.5 Å². The fraction of sp³-hybridized carbons (Fsp3) is 0.727. The third kappa shape index (κ3) is 5.22. The van der Waals surface area contributed by atoms with Crippen LogP contribution in [0, 0.1) is 0 Å². The Hall–Kier alpha value is -1.90. The summed E-state index contributed by atoms with van der Waals surface area (Å²) >= 11 is 0. The molecule has 0 aliphatic carbocycles. The molecule has 0 spiro atoms. The molecule has 3 fully saturated rings. The quantitative estimate of drug-likeness (QED) is 0.571. The fourth-order valence-corrected chi connectivity index (χ4v) is 4.50. The van der Waals surface area contributed by atoms with E-state index in [4.69, 9.17) is 14.5 Å². The first kappa shape index (κ1) is 21.3. The van der Waals surface area contributed by atoms with Gasteiger partial charge in [0.05, 0.1) is 12.7 Å². The first-order chi connectivity index (χ1) is 14.8. The molecule has 0 aromatic carbocycles.